The normalized spacial score (nSPS) is 19.0. The second kappa shape index (κ2) is 8.14. The summed E-state index contributed by atoms with van der Waals surface area (Å²) in [7, 11) is 4.70. The molecule has 0 bridgehead atoms. The maximum atomic E-state index is 12.7. The summed E-state index contributed by atoms with van der Waals surface area (Å²) in [5.41, 5.74) is 1.88. The second-order valence-electron chi connectivity index (χ2n) is 7.42. The van der Waals surface area contributed by atoms with E-state index in [0.717, 1.165) is 17.7 Å². The first-order valence-electron chi connectivity index (χ1n) is 9.81. The fourth-order valence-electron chi connectivity index (χ4n) is 3.66. The molecule has 1 amide bonds. The number of methoxy groups -OCH3 is 3. The van der Waals surface area contributed by atoms with Gasteiger partial charge in [-0.2, -0.15) is 0 Å². The molecule has 2 heterocycles. The van der Waals surface area contributed by atoms with Crippen molar-refractivity contribution in [3.8, 4) is 17.2 Å². The van der Waals surface area contributed by atoms with Gasteiger partial charge in [0.1, 0.15) is 0 Å². The molecule has 1 atom stereocenters. The lowest BCUT2D eigenvalue weighted by molar-refractivity contribution is -0.125. The predicted molar refractivity (Wildman–Crippen MR) is 107 cm³/mol. The van der Waals surface area contributed by atoms with Crippen LogP contribution in [0.4, 0.5) is 0 Å². The standard InChI is InChI=1S/C21H26N4O4/c1-27-18-10-14(11-19(28-2)21(18)29-3)4-7-20(26)24-9-8-16(12-24)25-13-17(22-23-25)15-5-6-15/h4,7,10-11,13,15-16H,5-6,8-9,12H2,1-3H3/b7-4+. The monoisotopic (exact) mass is 398 g/mol. The number of ether oxygens (including phenoxy) is 3. The number of hydrogen-bond acceptors (Lipinski definition) is 6. The topological polar surface area (TPSA) is 78.7 Å². The van der Waals surface area contributed by atoms with Crippen LogP contribution in [-0.4, -0.2) is 60.2 Å². The average Bonchev–Trinajstić information content (AvgIpc) is 3.27. The highest BCUT2D eigenvalue weighted by Gasteiger charge is 2.30. The summed E-state index contributed by atoms with van der Waals surface area (Å²) >= 11 is 0. The van der Waals surface area contributed by atoms with Crippen molar-refractivity contribution in [3.63, 3.8) is 0 Å². The smallest absolute Gasteiger partial charge is 0.246 e. The Balaban J connectivity index is 1.42. The highest BCUT2D eigenvalue weighted by atomic mass is 16.5. The molecule has 0 radical (unpaired) electrons. The molecule has 1 aliphatic carbocycles. The van der Waals surface area contributed by atoms with Crippen molar-refractivity contribution in [2.24, 2.45) is 0 Å². The van der Waals surface area contributed by atoms with Crippen molar-refractivity contribution in [1.29, 1.82) is 0 Å². The number of likely N-dealkylation sites (tertiary alicyclic amines) is 1. The Morgan fingerprint density at radius 3 is 2.45 bits per heavy atom. The molecule has 1 unspecified atom stereocenters. The first-order valence-corrected chi connectivity index (χ1v) is 9.81. The van der Waals surface area contributed by atoms with E-state index in [1.807, 2.05) is 27.9 Å². The number of aromatic nitrogens is 3. The molecule has 2 aliphatic rings. The highest BCUT2D eigenvalue weighted by molar-refractivity contribution is 5.92. The summed E-state index contributed by atoms with van der Waals surface area (Å²) in [6.45, 7) is 1.35. The lowest BCUT2D eigenvalue weighted by Crippen LogP contribution is -2.27. The zero-order chi connectivity index (χ0) is 20.4. The summed E-state index contributed by atoms with van der Waals surface area (Å²) in [5, 5.41) is 8.55. The summed E-state index contributed by atoms with van der Waals surface area (Å²) in [6.07, 6.45) is 8.69. The number of hydrogen-bond donors (Lipinski definition) is 0. The zero-order valence-electron chi connectivity index (χ0n) is 17.0. The molecule has 154 valence electrons. The van der Waals surface area contributed by atoms with Gasteiger partial charge < -0.3 is 19.1 Å². The SMILES string of the molecule is COc1cc(/C=C/C(=O)N2CCC(n3cc(C4CC4)nn3)C2)cc(OC)c1OC. The number of carbonyl (C=O) groups is 1. The van der Waals surface area contributed by atoms with Crippen molar-refractivity contribution < 1.29 is 19.0 Å². The van der Waals surface area contributed by atoms with Gasteiger partial charge in [-0.1, -0.05) is 5.21 Å². The van der Waals surface area contributed by atoms with E-state index in [2.05, 4.69) is 10.3 Å². The zero-order valence-corrected chi connectivity index (χ0v) is 17.0. The third-order valence-electron chi connectivity index (χ3n) is 5.48. The van der Waals surface area contributed by atoms with Crippen molar-refractivity contribution in [2.45, 2.75) is 31.2 Å². The molecule has 29 heavy (non-hydrogen) atoms. The lowest BCUT2D eigenvalue weighted by atomic mass is 10.1. The number of carbonyl (C=O) groups excluding carboxylic acids is 1. The van der Waals surface area contributed by atoms with E-state index in [1.165, 1.54) is 12.8 Å². The fourth-order valence-corrected chi connectivity index (χ4v) is 3.66. The first-order chi connectivity index (χ1) is 14.1. The van der Waals surface area contributed by atoms with Gasteiger partial charge in [0, 0.05) is 31.3 Å². The number of rotatable bonds is 7. The minimum absolute atomic E-state index is 0.0243. The van der Waals surface area contributed by atoms with Gasteiger partial charge >= 0.3 is 0 Å². The molecule has 8 nitrogen and oxygen atoms in total. The van der Waals surface area contributed by atoms with Crippen LogP contribution in [0.3, 0.4) is 0 Å². The number of benzene rings is 1. The Bertz CT molecular complexity index is 894. The first kappa shape index (κ1) is 19.3. The van der Waals surface area contributed by atoms with Crippen LogP contribution in [-0.2, 0) is 4.79 Å². The maximum Gasteiger partial charge on any atom is 0.246 e. The van der Waals surface area contributed by atoms with Crippen LogP contribution in [0.1, 0.15) is 42.5 Å². The number of nitrogens with zero attached hydrogens (tertiary/aromatic N) is 4. The van der Waals surface area contributed by atoms with Crippen LogP contribution in [0, 0.1) is 0 Å². The Hall–Kier alpha value is -3.03. The summed E-state index contributed by atoms with van der Waals surface area (Å²) < 4.78 is 18.0. The van der Waals surface area contributed by atoms with Crippen LogP contribution in [0.2, 0.25) is 0 Å². The van der Waals surface area contributed by atoms with Gasteiger partial charge in [-0.15, -0.1) is 5.10 Å². The molecule has 1 saturated carbocycles. The van der Waals surface area contributed by atoms with Crippen LogP contribution in [0.25, 0.3) is 6.08 Å². The lowest BCUT2D eigenvalue weighted by Gasteiger charge is -2.15. The van der Waals surface area contributed by atoms with E-state index in [-0.39, 0.29) is 11.9 Å². The van der Waals surface area contributed by atoms with Crippen molar-refractivity contribution in [1.82, 2.24) is 19.9 Å². The van der Waals surface area contributed by atoms with E-state index in [1.54, 1.807) is 33.5 Å². The molecule has 4 rings (SSSR count). The van der Waals surface area contributed by atoms with Gasteiger partial charge in [0.2, 0.25) is 11.7 Å². The Labute approximate surface area is 170 Å². The minimum atomic E-state index is -0.0243. The molecule has 1 aromatic heterocycles. The van der Waals surface area contributed by atoms with Gasteiger partial charge in [0.15, 0.2) is 11.5 Å². The molecule has 8 heteroatoms. The quantitative estimate of drug-likeness (QED) is 0.667. The third kappa shape index (κ3) is 4.06. The molecule has 2 aromatic rings. The van der Waals surface area contributed by atoms with Crippen molar-refractivity contribution >= 4 is 12.0 Å². The van der Waals surface area contributed by atoms with E-state index in [4.69, 9.17) is 14.2 Å². The third-order valence-corrected chi connectivity index (χ3v) is 5.48. The van der Waals surface area contributed by atoms with Gasteiger partial charge in [-0.25, -0.2) is 4.68 Å². The van der Waals surface area contributed by atoms with E-state index in [9.17, 15) is 4.79 Å². The van der Waals surface area contributed by atoms with Gasteiger partial charge in [-0.05, 0) is 43.0 Å². The fraction of sp³-hybridized carbons (Fsp3) is 0.476. The predicted octanol–water partition coefficient (Wildman–Crippen LogP) is 2.67. The van der Waals surface area contributed by atoms with E-state index in [0.29, 0.717) is 36.3 Å². The van der Waals surface area contributed by atoms with Gasteiger partial charge in [-0.3, -0.25) is 4.79 Å². The molecule has 1 saturated heterocycles. The van der Waals surface area contributed by atoms with Crippen molar-refractivity contribution in [3.05, 3.63) is 35.7 Å². The highest BCUT2D eigenvalue weighted by Crippen LogP contribution is 2.39. The van der Waals surface area contributed by atoms with Gasteiger partial charge in [0.05, 0.1) is 33.1 Å². The average molecular weight is 398 g/mol. The molecule has 2 fully saturated rings. The molecular weight excluding hydrogens is 372 g/mol. The summed E-state index contributed by atoms with van der Waals surface area (Å²) in [4.78, 5) is 14.5. The Morgan fingerprint density at radius 2 is 1.83 bits per heavy atom. The number of amides is 1. The summed E-state index contributed by atoms with van der Waals surface area (Å²) in [6, 6.07) is 3.81. The largest absolute Gasteiger partial charge is 0.493 e. The molecule has 0 spiro atoms. The molecular formula is C21H26N4O4. The van der Waals surface area contributed by atoms with E-state index < -0.39 is 0 Å². The van der Waals surface area contributed by atoms with Crippen molar-refractivity contribution in [2.75, 3.05) is 34.4 Å². The molecule has 1 aromatic carbocycles. The van der Waals surface area contributed by atoms with E-state index >= 15 is 0 Å². The van der Waals surface area contributed by atoms with Crippen LogP contribution in [0.5, 0.6) is 17.2 Å². The minimum Gasteiger partial charge on any atom is -0.493 e. The maximum absolute atomic E-state index is 12.7. The molecule has 0 N–H and O–H groups in total. The second-order valence-corrected chi connectivity index (χ2v) is 7.42. The summed E-state index contributed by atoms with van der Waals surface area (Å²) in [5.74, 6) is 2.20. The Kier molecular flexibility index (Phi) is 5.42. The van der Waals surface area contributed by atoms with Crippen LogP contribution >= 0.6 is 0 Å². The van der Waals surface area contributed by atoms with Crippen LogP contribution < -0.4 is 14.2 Å². The van der Waals surface area contributed by atoms with Crippen LogP contribution in [0.15, 0.2) is 24.4 Å². The molecule has 1 aliphatic heterocycles. The Morgan fingerprint density at radius 1 is 1.10 bits per heavy atom. The van der Waals surface area contributed by atoms with Gasteiger partial charge in [0.25, 0.3) is 0 Å².